The number of aryl methyl sites for hydroxylation is 1. The third-order valence-corrected chi connectivity index (χ3v) is 3.63. The molecule has 96 valence electrons. The van der Waals surface area contributed by atoms with Crippen LogP contribution in [0.4, 0.5) is 0 Å². The second kappa shape index (κ2) is 6.58. The summed E-state index contributed by atoms with van der Waals surface area (Å²) in [6, 6.07) is 8.39. The van der Waals surface area contributed by atoms with Gasteiger partial charge < -0.3 is 5.73 Å². The highest BCUT2D eigenvalue weighted by molar-refractivity contribution is 5.35. The number of hydrogen-bond acceptors (Lipinski definition) is 2. The molecule has 1 fully saturated rings. The first kappa shape index (κ1) is 13.1. The normalized spacial score (nSPS) is 17.2. The van der Waals surface area contributed by atoms with Gasteiger partial charge in [0, 0.05) is 5.56 Å². The molecule has 0 spiro atoms. The van der Waals surface area contributed by atoms with Crippen LogP contribution in [0.3, 0.4) is 0 Å². The molecule has 0 unspecified atom stereocenters. The lowest BCUT2D eigenvalue weighted by Crippen LogP contribution is -2.36. The smallest absolute Gasteiger partial charge is 0.0605 e. The highest BCUT2D eigenvalue weighted by Gasteiger charge is 2.16. The third kappa shape index (κ3) is 3.87. The van der Waals surface area contributed by atoms with Crippen LogP contribution in [-0.2, 0) is 0 Å². The summed E-state index contributed by atoms with van der Waals surface area (Å²) >= 11 is 0. The molecule has 0 saturated carbocycles. The van der Waals surface area contributed by atoms with Crippen molar-refractivity contribution in [2.45, 2.75) is 19.8 Å². The van der Waals surface area contributed by atoms with Crippen LogP contribution in [0.5, 0.6) is 0 Å². The summed E-state index contributed by atoms with van der Waals surface area (Å²) in [5, 5.41) is 0. The molecule has 0 aromatic heterocycles. The fourth-order valence-electron chi connectivity index (χ4n) is 2.27. The van der Waals surface area contributed by atoms with Gasteiger partial charge in [0.1, 0.15) is 0 Å². The molecule has 1 aliphatic rings. The van der Waals surface area contributed by atoms with Crippen molar-refractivity contribution in [1.29, 1.82) is 0 Å². The molecule has 1 aliphatic heterocycles. The average molecular weight is 242 g/mol. The molecule has 0 atom stereocenters. The molecular formula is C16H22N2. The van der Waals surface area contributed by atoms with E-state index in [1.807, 2.05) is 0 Å². The van der Waals surface area contributed by atoms with Crippen LogP contribution in [-0.4, -0.2) is 31.1 Å². The average Bonchev–Trinajstić information content (AvgIpc) is 2.42. The molecule has 0 radical (unpaired) electrons. The van der Waals surface area contributed by atoms with E-state index in [4.69, 9.17) is 5.73 Å². The maximum atomic E-state index is 5.69. The van der Waals surface area contributed by atoms with E-state index in [1.165, 1.54) is 18.4 Å². The fourth-order valence-corrected chi connectivity index (χ4v) is 2.27. The second-order valence-corrected chi connectivity index (χ2v) is 5.12. The van der Waals surface area contributed by atoms with E-state index in [0.29, 0.717) is 0 Å². The van der Waals surface area contributed by atoms with Crippen molar-refractivity contribution in [3.63, 3.8) is 0 Å². The third-order valence-electron chi connectivity index (χ3n) is 3.63. The predicted octanol–water partition coefficient (Wildman–Crippen LogP) is 2.02. The van der Waals surface area contributed by atoms with Gasteiger partial charge in [-0.15, -0.1) is 0 Å². The molecule has 1 aromatic carbocycles. The van der Waals surface area contributed by atoms with E-state index in [2.05, 4.69) is 47.9 Å². The van der Waals surface area contributed by atoms with E-state index in [1.54, 1.807) is 0 Å². The molecule has 1 saturated heterocycles. The van der Waals surface area contributed by atoms with Crippen molar-refractivity contribution in [1.82, 2.24) is 4.90 Å². The van der Waals surface area contributed by atoms with E-state index >= 15 is 0 Å². The van der Waals surface area contributed by atoms with Gasteiger partial charge in [0.2, 0.25) is 0 Å². The van der Waals surface area contributed by atoms with Crippen LogP contribution in [0, 0.1) is 24.7 Å². The molecule has 18 heavy (non-hydrogen) atoms. The Bertz CT molecular complexity index is 417. The number of likely N-dealkylation sites (tertiary alicyclic amines) is 1. The first-order valence-corrected chi connectivity index (χ1v) is 6.76. The topological polar surface area (TPSA) is 29.3 Å². The minimum atomic E-state index is 0.728. The Morgan fingerprint density at radius 1 is 1.22 bits per heavy atom. The largest absolute Gasteiger partial charge is 0.330 e. The summed E-state index contributed by atoms with van der Waals surface area (Å²) in [6.07, 6.45) is 2.45. The lowest BCUT2D eigenvalue weighted by molar-refractivity contribution is 0.207. The van der Waals surface area contributed by atoms with E-state index in [-0.39, 0.29) is 0 Å². The van der Waals surface area contributed by atoms with Crippen LogP contribution in [0.15, 0.2) is 24.3 Å². The molecular weight excluding hydrogens is 220 g/mol. The summed E-state index contributed by atoms with van der Waals surface area (Å²) in [6.45, 7) is 6.10. The van der Waals surface area contributed by atoms with Crippen molar-refractivity contribution < 1.29 is 0 Å². The number of rotatable bonds is 2. The van der Waals surface area contributed by atoms with Gasteiger partial charge in [0.25, 0.3) is 0 Å². The first-order valence-electron chi connectivity index (χ1n) is 6.76. The van der Waals surface area contributed by atoms with Gasteiger partial charge in [-0.1, -0.05) is 29.5 Å². The Labute approximate surface area is 110 Å². The zero-order chi connectivity index (χ0) is 12.8. The van der Waals surface area contributed by atoms with Gasteiger partial charge in [-0.25, -0.2) is 0 Å². The predicted molar refractivity (Wildman–Crippen MR) is 76.3 cm³/mol. The Morgan fingerprint density at radius 2 is 1.89 bits per heavy atom. The second-order valence-electron chi connectivity index (χ2n) is 5.12. The monoisotopic (exact) mass is 242 g/mol. The number of piperidine rings is 1. The zero-order valence-electron chi connectivity index (χ0n) is 11.2. The maximum absolute atomic E-state index is 5.69. The minimum absolute atomic E-state index is 0.728. The van der Waals surface area contributed by atoms with Crippen LogP contribution in [0.1, 0.15) is 24.0 Å². The fraction of sp³-hybridized carbons (Fsp3) is 0.500. The maximum Gasteiger partial charge on any atom is 0.0605 e. The Hall–Kier alpha value is -1.30. The number of nitrogens with zero attached hydrogens (tertiary/aromatic N) is 1. The Morgan fingerprint density at radius 3 is 2.50 bits per heavy atom. The van der Waals surface area contributed by atoms with Crippen molar-refractivity contribution in [2.75, 3.05) is 26.2 Å². The Kier molecular flexibility index (Phi) is 4.81. The molecule has 2 nitrogen and oxygen atoms in total. The van der Waals surface area contributed by atoms with Gasteiger partial charge in [-0.05, 0) is 57.5 Å². The summed E-state index contributed by atoms with van der Waals surface area (Å²) in [4.78, 5) is 2.42. The highest BCUT2D eigenvalue weighted by Crippen LogP contribution is 2.14. The lowest BCUT2D eigenvalue weighted by Gasteiger charge is -2.29. The van der Waals surface area contributed by atoms with Gasteiger partial charge >= 0.3 is 0 Å². The number of hydrogen-bond donors (Lipinski definition) is 1. The molecule has 0 aliphatic carbocycles. The summed E-state index contributed by atoms with van der Waals surface area (Å²) in [5.74, 6) is 7.22. The van der Waals surface area contributed by atoms with Gasteiger partial charge in [0.05, 0.1) is 6.54 Å². The summed E-state index contributed by atoms with van der Waals surface area (Å²) in [5.41, 5.74) is 8.08. The summed E-state index contributed by atoms with van der Waals surface area (Å²) < 4.78 is 0. The van der Waals surface area contributed by atoms with Crippen molar-refractivity contribution >= 4 is 0 Å². The summed E-state index contributed by atoms with van der Waals surface area (Å²) in [7, 11) is 0. The number of benzene rings is 1. The minimum Gasteiger partial charge on any atom is -0.330 e. The lowest BCUT2D eigenvalue weighted by atomic mass is 9.97. The van der Waals surface area contributed by atoms with E-state index in [0.717, 1.165) is 37.7 Å². The van der Waals surface area contributed by atoms with Crippen LogP contribution >= 0.6 is 0 Å². The van der Waals surface area contributed by atoms with Crippen LogP contribution in [0.2, 0.25) is 0 Å². The van der Waals surface area contributed by atoms with Gasteiger partial charge in [-0.2, -0.15) is 0 Å². The number of nitrogens with two attached hydrogens (primary N) is 1. The molecule has 2 N–H and O–H groups in total. The Balaban J connectivity index is 1.80. The van der Waals surface area contributed by atoms with Crippen LogP contribution < -0.4 is 5.73 Å². The zero-order valence-corrected chi connectivity index (χ0v) is 11.2. The van der Waals surface area contributed by atoms with Gasteiger partial charge in [-0.3, -0.25) is 4.90 Å². The standard InChI is InChI=1S/C16H22N2/c1-14-4-6-15(7-5-14)3-2-10-18-11-8-16(13-17)9-12-18/h4-7,16H,8-13,17H2,1H3. The van der Waals surface area contributed by atoms with Crippen molar-refractivity contribution in [3.8, 4) is 11.8 Å². The SMILES string of the molecule is Cc1ccc(C#CCN2CCC(CN)CC2)cc1. The molecule has 2 heteroatoms. The van der Waals surface area contributed by atoms with Gasteiger partial charge in [0.15, 0.2) is 0 Å². The quantitative estimate of drug-likeness (QED) is 0.804. The van der Waals surface area contributed by atoms with E-state index < -0.39 is 0 Å². The highest BCUT2D eigenvalue weighted by atomic mass is 15.1. The molecule has 0 bridgehead atoms. The molecule has 1 aromatic rings. The van der Waals surface area contributed by atoms with E-state index in [9.17, 15) is 0 Å². The van der Waals surface area contributed by atoms with Crippen LogP contribution in [0.25, 0.3) is 0 Å². The molecule has 1 heterocycles. The van der Waals surface area contributed by atoms with Crippen molar-refractivity contribution in [3.05, 3.63) is 35.4 Å². The first-order chi connectivity index (χ1) is 8.78. The van der Waals surface area contributed by atoms with Crippen molar-refractivity contribution in [2.24, 2.45) is 11.7 Å². The molecule has 0 amide bonds. The molecule has 2 rings (SSSR count).